The van der Waals surface area contributed by atoms with E-state index in [-0.39, 0.29) is 0 Å². The largest absolute Gasteiger partial charge is 0.198 e. The zero-order valence-electron chi connectivity index (χ0n) is 16.7. The Morgan fingerprint density at radius 2 is 1.40 bits per heavy atom. The van der Waals surface area contributed by atoms with Crippen LogP contribution in [0.25, 0.3) is 0 Å². The highest BCUT2D eigenvalue weighted by Gasteiger charge is 2.23. The third-order valence-corrected chi connectivity index (χ3v) is 6.79. The summed E-state index contributed by atoms with van der Waals surface area (Å²) in [6.07, 6.45) is 26.9. The molecular weight excluding hydrogens is 302 g/mol. The molecule has 2 saturated carbocycles. The predicted octanol–water partition coefficient (Wildman–Crippen LogP) is 7.82. The fourth-order valence-corrected chi connectivity index (χ4v) is 4.88. The molecular formula is C24H41N. The molecule has 0 N–H and O–H groups in total. The van der Waals surface area contributed by atoms with Crippen LogP contribution in [0.5, 0.6) is 0 Å². The Morgan fingerprint density at radius 3 is 2.00 bits per heavy atom. The van der Waals surface area contributed by atoms with Crippen LogP contribution in [0.2, 0.25) is 0 Å². The smallest absolute Gasteiger partial charge is 0.0655 e. The number of allylic oxidation sites excluding steroid dienone is 2. The number of hydrogen-bond donors (Lipinski definition) is 0. The van der Waals surface area contributed by atoms with Gasteiger partial charge < -0.3 is 0 Å². The van der Waals surface area contributed by atoms with Crippen molar-refractivity contribution in [1.82, 2.24) is 0 Å². The van der Waals surface area contributed by atoms with Gasteiger partial charge in [-0.25, -0.2) is 0 Å². The summed E-state index contributed by atoms with van der Waals surface area (Å²) >= 11 is 0. The number of nitriles is 1. The molecule has 0 unspecified atom stereocenters. The first kappa shape index (κ1) is 20.5. The number of unbranched alkanes of at least 4 members (excludes halogenated alkanes) is 5. The van der Waals surface area contributed by atoms with Gasteiger partial charge in [-0.2, -0.15) is 5.26 Å². The highest BCUT2D eigenvalue weighted by atomic mass is 14.3. The van der Waals surface area contributed by atoms with Gasteiger partial charge in [0, 0.05) is 5.92 Å². The van der Waals surface area contributed by atoms with E-state index in [9.17, 15) is 0 Å². The van der Waals surface area contributed by atoms with E-state index in [4.69, 9.17) is 5.26 Å². The minimum atomic E-state index is 0.366. The molecule has 1 nitrogen and oxygen atoms in total. The first-order valence-corrected chi connectivity index (χ1v) is 11.4. The second-order valence-corrected chi connectivity index (χ2v) is 8.84. The standard InChI is InChI=1S/C24H41N/c1-2-3-4-5-6-7-8-9-21-10-12-22(13-11-21)14-15-23-16-18-24(20-25)19-17-23/h8-9,21-24H,2-7,10-19H2,1H3/b9-8+. The molecule has 2 rings (SSSR count). The summed E-state index contributed by atoms with van der Waals surface area (Å²) < 4.78 is 0. The van der Waals surface area contributed by atoms with Gasteiger partial charge >= 0.3 is 0 Å². The fraction of sp³-hybridized carbons (Fsp3) is 0.875. The minimum absolute atomic E-state index is 0.366. The molecule has 0 spiro atoms. The van der Waals surface area contributed by atoms with Gasteiger partial charge in [0.25, 0.3) is 0 Å². The van der Waals surface area contributed by atoms with E-state index >= 15 is 0 Å². The van der Waals surface area contributed by atoms with Crippen LogP contribution in [0.3, 0.4) is 0 Å². The quantitative estimate of drug-likeness (QED) is 0.293. The van der Waals surface area contributed by atoms with Crippen LogP contribution >= 0.6 is 0 Å². The Balaban J connectivity index is 1.49. The zero-order valence-corrected chi connectivity index (χ0v) is 16.7. The average molecular weight is 344 g/mol. The summed E-state index contributed by atoms with van der Waals surface area (Å²) in [5, 5.41) is 9.01. The van der Waals surface area contributed by atoms with Crippen molar-refractivity contribution >= 4 is 0 Å². The lowest BCUT2D eigenvalue weighted by molar-refractivity contribution is 0.242. The van der Waals surface area contributed by atoms with Crippen molar-refractivity contribution in [1.29, 1.82) is 5.26 Å². The van der Waals surface area contributed by atoms with Crippen molar-refractivity contribution in [2.45, 2.75) is 110 Å². The SMILES string of the molecule is CCCCCCC/C=C/C1CCC(CCC2CCC(C#N)CC2)CC1. The van der Waals surface area contributed by atoms with E-state index < -0.39 is 0 Å². The molecule has 142 valence electrons. The molecule has 2 fully saturated rings. The Hall–Kier alpha value is -0.770. The van der Waals surface area contributed by atoms with Gasteiger partial charge in [0.15, 0.2) is 0 Å². The van der Waals surface area contributed by atoms with Crippen molar-refractivity contribution < 1.29 is 0 Å². The summed E-state index contributed by atoms with van der Waals surface area (Å²) in [6.45, 7) is 2.29. The lowest BCUT2D eigenvalue weighted by Gasteiger charge is -2.30. The van der Waals surface area contributed by atoms with Gasteiger partial charge in [0.1, 0.15) is 0 Å². The molecule has 0 bridgehead atoms. The van der Waals surface area contributed by atoms with Gasteiger partial charge in [0.2, 0.25) is 0 Å². The van der Waals surface area contributed by atoms with Crippen molar-refractivity contribution in [3.8, 4) is 6.07 Å². The average Bonchev–Trinajstić information content (AvgIpc) is 2.67. The molecule has 0 aromatic carbocycles. The molecule has 2 aliphatic carbocycles. The normalized spacial score (nSPS) is 30.4. The number of hydrogen-bond acceptors (Lipinski definition) is 1. The fourth-order valence-electron chi connectivity index (χ4n) is 4.88. The van der Waals surface area contributed by atoms with E-state index in [1.807, 2.05) is 0 Å². The summed E-state index contributed by atoms with van der Waals surface area (Å²) in [5.74, 6) is 3.16. The van der Waals surface area contributed by atoms with Gasteiger partial charge in [-0.3, -0.25) is 0 Å². The Morgan fingerprint density at radius 1 is 0.800 bits per heavy atom. The molecule has 0 amide bonds. The molecule has 0 aromatic heterocycles. The summed E-state index contributed by atoms with van der Waals surface area (Å²) in [5.41, 5.74) is 0. The molecule has 0 aliphatic heterocycles. The highest BCUT2D eigenvalue weighted by molar-refractivity contribution is 4.91. The third-order valence-electron chi connectivity index (χ3n) is 6.79. The van der Waals surface area contributed by atoms with Crippen LogP contribution in [-0.2, 0) is 0 Å². The lowest BCUT2D eigenvalue weighted by Crippen LogP contribution is -2.17. The Kier molecular flexibility index (Phi) is 10.3. The van der Waals surface area contributed by atoms with Crippen LogP contribution in [0, 0.1) is 35.0 Å². The van der Waals surface area contributed by atoms with Gasteiger partial charge in [-0.15, -0.1) is 0 Å². The van der Waals surface area contributed by atoms with Crippen LogP contribution in [0.4, 0.5) is 0 Å². The van der Waals surface area contributed by atoms with E-state index in [0.29, 0.717) is 5.92 Å². The Bertz CT molecular complexity index is 389. The molecule has 25 heavy (non-hydrogen) atoms. The summed E-state index contributed by atoms with van der Waals surface area (Å²) in [6, 6.07) is 2.46. The van der Waals surface area contributed by atoms with Crippen molar-refractivity contribution in [3.63, 3.8) is 0 Å². The van der Waals surface area contributed by atoms with E-state index in [0.717, 1.165) is 30.6 Å². The monoisotopic (exact) mass is 343 g/mol. The zero-order chi connectivity index (χ0) is 17.7. The van der Waals surface area contributed by atoms with Crippen LogP contribution in [0.1, 0.15) is 110 Å². The van der Waals surface area contributed by atoms with Crippen molar-refractivity contribution in [2.24, 2.45) is 23.7 Å². The summed E-state index contributed by atoms with van der Waals surface area (Å²) in [4.78, 5) is 0. The van der Waals surface area contributed by atoms with Crippen LogP contribution in [-0.4, -0.2) is 0 Å². The van der Waals surface area contributed by atoms with E-state index in [1.165, 1.54) is 89.9 Å². The molecule has 0 heterocycles. The maximum atomic E-state index is 9.01. The first-order valence-electron chi connectivity index (χ1n) is 11.4. The molecule has 0 aromatic rings. The third kappa shape index (κ3) is 8.44. The summed E-state index contributed by atoms with van der Waals surface area (Å²) in [7, 11) is 0. The number of rotatable bonds is 10. The molecule has 0 saturated heterocycles. The second-order valence-electron chi connectivity index (χ2n) is 8.84. The van der Waals surface area contributed by atoms with Crippen LogP contribution in [0.15, 0.2) is 12.2 Å². The number of nitrogens with zero attached hydrogens (tertiary/aromatic N) is 1. The van der Waals surface area contributed by atoms with Gasteiger partial charge in [-0.1, -0.05) is 57.6 Å². The van der Waals surface area contributed by atoms with E-state index in [1.54, 1.807) is 0 Å². The van der Waals surface area contributed by atoms with E-state index in [2.05, 4.69) is 25.1 Å². The molecule has 0 radical (unpaired) electrons. The van der Waals surface area contributed by atoms with Crippen molar-refractivity contribution in [3.05, 3.63) is 12.2 Å². The molecule has 0 atom stereocenters. The Labute approximate surface area is 157 Å². The first-order chi connectivity index (χ1) is 12.3. The lowest BCUT2D eigenvalue weighted by atomic mass is 9.76. The predicted molar refractivity (Wildman–Crippen MR) is 108 cm³/mol. The molecule has 2 aliphatic rings. The van der Waals surface area contributed by atoms with Crippen LogP contribution < -0.4 is 0 Å². The van der Waals surface area contributed by atoms with Crippen molar-refractivity contribution in [2.75, 3.05) is 0 Å². The molecule has 1 heteroatoms. The minimum Gasteiger partial charge on any atom is -0.198 e. The maximum absolute atomic E-state index is 9.01. The topological polar surface area (TPSA) is 23.8 Å². The van der Waals surface area contributed by atoms with Gasteiger partial charge in [0.05, 0.1) is 6.07 Å². The highest BCUT2D eigenvalue weighted by Crippen LogP contribution is 2.36. The second kappa shape index (κ2) is 12.6. The van der Waals surface area contributed by atoms with Gasteiger partial charge in [-0.05, 0) is 82.0 Å². The maximum Gasteiger partial charge on any atom is 0.0655 e.